The van der Waals surface area contributed by atoms with Crippen LogP contribution in [0.1, 0.15) is 29.2 Å². The lowest BCUT2D eigenvalue weighted by Gasteiger charge is -2.07. The van der Waals surface area contributed by atoms with Gasteiger partial charge in [0.05, 0.1) is 12.3 Å². The first-order chi connectivity index (χ1) is 14.5. The number of hydrogen-bond donors (Lipinski definition) is 1. The summed E-state index contributed by atoms with van der Waals surface area (Å²) in [5, 5.41) is 10.4. The molecule has 0 aliphatic carbocycles. The molecule has 152 valence electrons. The van der Waals surface area contributed by atoms with E-state index in [1.54, 1.807) is 18.3 Å². The number of benzene rings is 3. The van der Waals surface area contributed by atoms with Gasteiger partial charge in [0.1, 0.15) is 5.52 Å². The highest BCUT2D eigenvalue weighted by molar-refractivity contribution is 5.87. The van der Waals surface area contributed by atoms with Crippen molar-refractivity contribution in [2.24, 2.45) is 4.99 Å². The first kappa shape index (κ1) is 19.7. The zero-order valence-corrected chi connectivity index (χ0v) is 17.6. The number of phenols is 1. The molecule has 0 spiro atoms. The average molecular weight is 400 g/mol. The van der Waals surface area contributed by atoms with Gasteiger partial charge in [0, 0.05) is 17.3 Å². The fraction of sp³-hybridized carbons (Fsp3) is 0.200. The third-order valence-corrected chi connectivity index (χ3v) is 4.95. The number of aliphatic imine (C=N–C) groups is 1. The number of aryl methyl sites for hydroxylation is 3. The first-order valence-electron chi connectivity index (χ1n) is 9.94. The lowest BCUT2D eigenvalue weighted by atomic mass is 10.1. The van der Waals surface area contributed by atoms with Crippen LogP contribution in [0.3, 0.4) is 0 Å². The van der Waals surface area contributed by atoms with Gasteiger partial charge in [-0.2, -0.15) is 0 Å². The van der Waals surface area contributed by atoms with Crippen LogP contribution in [-0.2, 0) is 0 Å². The van der Waals surface area contributed by atoms with Crippen LogP contribution in [0, 0.1) is 20.8 Å². The summed E-state index contributed by atoms with van der Waals surface area (Å²) in [5.74, 6) is 1.10. The number of nitrogens with zero attached hydrogens (tertiary/aromatic N) is 2. The fourth-order valence-electron chi connectivity index (χ4n) is 3.44. The molecule has 5 heteroatoms. The predicted octanol–water partition coefficient (Wildman–Crippen LogP) is 6.27. The van der Waals surface area contributed by atoms with Crippen LogP contribution >= 0.6 is 0 Å². The second-order valence-corrected chi connectivity index (χ2v) is 7.34. The zero-order chi connectivity index (χ0) is 21.3. The Morgan fingerprint density at radius 3 is 2.70 bits per heavy atom. The third-order valence-electron chi connectivity index (χ3n) is 4.95. The van der Waals surface area contributed by atoms with Crippen molar-refractivity contribution in [3.8, 4) is 23.0 Å². The van der Waals surface area contributed by atoms with Crippen LogP contribution < -0.4 is 4.74 Å². The number of hydrogen-bond acceptors (Lipinski definition) is 5. The molecule has 3 aromatic carbocycles. The van der Waals surface area contributed by atoms with E-state index in [2.05, 4.69) is 23.0 Å². The molecule has 0 fully saturated rings. The number of fused-ring (bicyclic) bond motifs is 1. The van der Waals surface area contributed by atoms with Crippen LogP contribution in [0.15, 0.2) is 57.9 Å². The summed E-state index contributed by atoms with van der Waals surface area (Å²) in [5.41, 5.74) is 7.13. The largest absolute Gasteiger partial charge is 0.504 e. The van der Waals surface area contributed by atoms with E-state index in [0.717, 1.165) is 39.0 Å². The molecule has 0 unspecified atom stereocenters. The highest BCUT2D eigenvalue weighted by atomic mass is 16.5. The molecule has 1 N–H and O–H groups in total. The van der Waals surface area contributed by atoms with Crippen LogP contribution in [0.25, 0.3) is 22.6 Å². The Bertz CT molecular complexity index is 1250. The molecule has 0 aliphatic rings. The molecule has 0 aliphatic heterocycles. The van der Waals surface area contributed by atoms with Crippen molar-refractivity contribution in [2.45, 2.75) is 27.7 Å². The Balaban J connectivity index is 1.70. The Kier molecular flexibility index (Phi) is 5.27. The van der Waals surface area contributed by atoms with E-state index in [-0.39, 0.29) is 5.75 Å². The second kappa shape index (κ2) is 8.03. The minimum Gasteiger partial charge on any atom is -0.504 e. The monoisotopic (exact) mass is 400 g/mol. The van der Waals surface area contributed by atoms with E-state index < -0.39 is 0 Å². The summed E-state index contributed by atoms with van der Waals surface area (Å²) in [6.45, 7) is 8.43. The quantitative estimate of drug-likeness (QED) is 0.401. The van der Waals surface area contributed by atoms with Crippen molar-refractivity contribution in [1.82, 2.24) is 4.98 Å². The van der Waals surface area contributed by atoms with Crippen LogP contribution in [-0.4, -0.2) is 22.9 Å². The summed E-state index contributed by atoms with van der Waals surface area (Å²) in [6.07, 6.45) is 1.64. The van der Waals surface area contributed by atoms with Crippen LogP contribution in [0.2, 0.25) is 0 Å². The van der Waals surface area contributed by atoms with E-state index in [1.807, 2.05) is 51.1 Å². The summed E-state index contributed by atoms with van der Waals surface area (Å²) < 4.78 is 11.5. The van der Waals surface area contributed by atoms with E-state index in [4.69, 9.17) is 9.15 Å². The molecule has 0 saturated heterocycles. The highest BCUT2D eigenvalue weighted by Gasteiger charge is 2.12. The molecule has 1 aromatic heterocycles. The van der Waals surface area contributed by atoms with Crippen molar-refractivity contribution in [3.63, 3.8) is 0 Å². The highest BCUT2D eigenvalue weighted by Crippen LogP contribution is 2.32. The van der Waals surface area contributed by atoms with Crippen LogP contribution in [0.5, 0.6) is 11.5 Å². The maximum absolute atomic E-state index is 10.4. The summed E-state index contributed by atoms with van der Waals surface area (Å²) >= 11 is 0. The Hall–Kier alpha value is -3.60. The minimum absolute atomic E-state index is 0.0849. The number of rotatable bonds is 5. The molecule has 4 aromatic rings. The van der Waals surface area contributed by atoms with Gasteiger partial charge >= 0.3 is 0 Å². The third kappa shape index (κ3) is 3.79. The van der Waals surface area contributed by atoms with Crippen molar-refractivity contribution >= 4 is 23.0 Å². The molecular weight excluding hydrogens is 376 g/mol. The van der Waals surface area contributed by atoms with E-state index in [9.17, 15) is 5.11 Å². The van der Waals surface area contributed by atoms with Crippen molar-refractivity contribution in [1.29, 1.82) is 0 Å². The van der Waals surface area contributed by atoms with Gasteiger partial charge in [0.15, 0.2) is 17.1 Å². The SMILES string of the molecule is CCOc1cccc(C=Nc2cc(-c3nc4cc(C)cc(C)c4o3)ccc2C)c1O. The van der Waals surface area contributed by atoms with Gasteiger partial charge in [-0.05, 0) is 74.7 Å². The average Bonchev–Trinajstić information content (AvgIpc) is 3.14. The summed E-state index contributed by atoms with van der Waals surface area (Å²) in [7, 11) is 0. The maximum Gasteiger partial charge on any atom is 0.227 e. The van der Waals surface area contributed by atoms with E-state index >= 15 is 0 Å². The minimum atomic E-state index is 0.0849. The van der Waals surface area contributed by atoms with Gasteiger partial charge < -0.3 is 14.3 Å². The lowest BCUT2D eigenvalue weighted by Crippen LogP contribution is -1.93. The molecule has 0 saturated carbocycles. The molecular formula is C25H24N2O3. The zero-order valence-electron chi connectivity index (χ0n) is 17.6. The maximum atomic E-state index is 10.4. The van der Waals surface area contributed by atoms with Crippen molar-refractivity contribution < 1.29 is 14.3 Å². The van der Waals surface area contributed by atoms with Crippen molar-refractivity contribution in [3.05, 3.63) is 70.8 Å². The van der Waals surface area contributed by atoms with Gasteiger partial charge in [-0.3, -0.25) is 4.99 Å². The Morgan fingerprint density at radius 2 is 1.90 bits per heavy atom. The normalized spacial score (nSPS) is 11.5. The molecule has 0 radical (unpaired) electrons. The Morgan fingerprint density at radius 1 is 1.07 bits per heavy atom. The summed E-state index contributed by atoms with van der Waals surface area (Å²) in [6, 6.07) is 15.4. The fourth-order valence-corrected chi connectivity index (χ4v) is 3.44. The second-order valence-electron chi connectivity index (χ2n) is 7.34. The topological polar surface area (TPSA) is 67.9 Å². The van der Waals surface area contributed by atoms with E-state index in [1.165, 1.54) is 0 Å². The van der Waals surface area contributed by atoms with Crippen molar-refractivity contribution in [2.75, 3.05) is 6.61 Å². The number of ether oxygens (including phenoxy) is 1. The molecule has 0 bridgehead atoms. The smallest absolute Gasteiger partial charge is 0.227 e. The molecule has 0 amide bonds. The number of phenolic OH excluding ortho intramolecular Hbond substituents is 1. The molecule has 0 atom stereocenters. The van der Waals surface area contributed by atoms with Gasteiger partial charge in [0.25, 0.3) is 0 Å². The number of para-hydroxylation sites is 1. The lowest BCUT2D eigenvalue weighted by molar-refractivity contribution is 0.318. The number of aromatic hydroxyl groups is 1. The summed E-state index contributed by atoms with van der Waals surface area (Å²) in [4.78, 5) is 9.26. The van der Waals surface area contributed by atoms with Crippen LogP contribution in [0.4, 0.5) is 5.69 Å². The molecule has 1 heterocycles. The van der Waals surface area contributed by atoms with Gasteiger partial charge in [0.2, 0.25) is 5.89 Å². The van der Waals surface area contributed by atoms with E-state index in [0.29, 0.717) is 23.8 Å². The number of aromatic nitrogens is 1. The Labute approximate surface area is 175 Å². The van der Waals surface area contributed by atoms with Gasteiger partial charge in [-0.15, -0.1) is 0 Å². The molecule has 5 nitrogen and oxygen atoms in total. The predicted molar refractivity (Wildman–Crippen MR) is 120 cm³/mol. The standard InChI is InChI=1S/C25H24N2O3/c1-5-29-22-8-6-7-19(23(22)28)14-26-20-13-18(10-9-16(20)3)25-27-21-12-15(2)11-17(4)24(21)30-25/h6-14,28H,5H2,1-4H3. The molecule has 4 rings (SSSR count). The number of oxazole rings is 1. The molecule has 30 heavy (non-hydrogen) atoms. The van der Waals surface area contributed by atoms with Gasteiger partial charge in [-0.1, -0.05) is 18.2 Å². The first-order valence-corrected chi connectivity index (χ1v) is 9.94. The van der Waals surface area contributed by atoms with Gasteiger partial charge in [-0.25, -0.2) is 4.98 Å².